The van der Waals surface area contributed by atoms with Crippen LogP contribution in [0.2, 0.25) is 0 Å². The molecule has 29 heavy (non-hydrogen) atoms. The van der Waals surface area contributed by atoms with Gasteiger partial charge in [-0.15, -0.1) is 0 Å². The molecule has 1 heterocycles. The third-order valence-electron chi connectivity index (χ3n) is 4.76. The SMILES string of the molecule is CNS(=O)(=O)c1cc(NC(=O)c2cc(C)n(-c3ccc(F)cc3)c2C)ccc1C. The van der Waals surface area contributed by atoms with E-state index >= 15 is 0 Å². The van der Waals surface area contributed by atoms with Gasteiger partial charge in [-0.05, 0) is 75.8 Å². The monoisotopic (exact) mass is 415 g/mol. The second-order valence-electron chi connectivity index (χ2n) is 6.74. The number of nitrogens with zero attached hydrogens (tertiary/aromatic N) is 1. The summed E-state index contributed by atoms with van der Waals surface area (Å²) in [6.45, 7) is 5.35. The molecule has 2 N–H and O–H groups in total. The maximum absolute atomic E-state index is 13.2. The van der Waals surface area contributed by atoms with E-state index in [0.717, 1.165) is 11.4 Å². The third kappa shape index (κ3) is 4.08. The number of nitrogens with one attached hydrogen (secondary N) is 2. The Morgan fingerprint density at radius 1 is 1.00 bits per heavy atom. The number of aryl methyl sites for hydroxylation is 2. The van der Waals surface area contributed by atoms with E-state index in [-0.39, 0.29) is 16.6 Å². The van der Waals surface area contributed by atoms with Crippen molar-refractivity contribution >= 4 is 21.6 Å². The van der Waals surface area contributed by atoms with E-state index in [4.69, 9.17) is 0 Å². The molecule has 1 amide bonds. The average Bonchev–Trinajstić information content (AvgIpc) is 2.98. The number of sulfonamides is 1. The number of hydrogen-bond donors (Lipinski definition) is 2. The lowest BCUT2D eigenvalue weighted by molar-refractivity contribution is 0.102. The Bertz CT molecular complexity index is 1180. The van der Waals surface area contributed by atoms with Crippen LogP contribution in [0.5, 0.6) is 0 Å². The van der Waals surface area contributed by atoms with Crippen LogP contribution in [-0.4, -0.2) is 25.9 Å². The number of carbonyl (C=O) groups excluding carboxylic acids is 1. The van der Waals surface area contributed by atoms with Crippen LogP contribution in [0.15, 0.2) is 53.4 Å². The number of anilines is 1. The van der Waals surface area contributed by atoms with Crippen LogP contribution in [0.4, 0.5) is 10.1 Å². The summed E-state index contributed by atoms with van der Waals surface area (Å²) in [5, 5.41) is 2.76. The van der Waals surface area contributed by atoms with Gasteiger partial charge in [0.15, 0.2) is 0 Å². The molecule has 0 aliphatic heterocycles. The van der Waals surface area contributed by atoms with Crippen molar-refractivity contribution in [1.29, 1.82) is 0 Å². The van der Waals surface area contributed by atoms with Gasteiger partial charge in [-0.25, -0.2) is 17.5 Å². The lowest BCUT2D eigenvalue weighted by Gasteiger charge is -2.11. The van der Waals surface area contributed by atoms with Crippen LogP contribution in [0.1, 0.15) is 27.3 Å². The molecule has 2 aromatic carbocycles. The Labute approximate surface area is 169 Å². The molecular weight excluding hydrogens is 393 g/mol. The highest BCUT2D eigenvalue weighted by molar-refractivity contribution is 7.89. The highest BCUT2D eigenvalue weighted by Crippen LogP contribution is 2.24. The Hall–Kier alpha value is -2.97. The van der Waals surface area contributed by atoms with Gasteiger partial charge in [0.2, 0.25) is 10.0 Å². The first-order valence-electron chi connectivity index (χ1n) is 8.94. The second-order valence-corrected chi connectivity index (χ2v) is 8.59. The predicted octanol–water partition coefficient (Wildman–Crippen LogP) is 3.70. The van der Waals surface area contributed by atoms with Crippen molar-refractivity contribution in [3.63, 3.8) is 0 Å². The molecule has 152 valence electrons. The van der Waals surface area contributed by atoms with E-state index in [0.29, 0.717) is 22.5 Å². The quantitative estimate of drug-likeness (QED) is 0.667. The minimum atomic E-state index is -3.64. The molecule has 0 aliphatic carbocycles. The molecule has 3 rings (SSSR count). The fourth-order valence-electron chi connectivity index (χ4n) is 3.26. The van der Waals surface area contributed by atoms with Crippen LogP contribution in [0, 0.1) is 26.6 Å². The van der Waals surface area contributed by atoms with Gasteiger partial charge >= 0.3 is 0 Å². The van der Waals surface area contributed by atoms with Gasteiger partial charge in [0.25, 0.3) is 5.91 Å². The number of hydrogen-bond acceptors (Lipinski definition) is 3. The van der Waals surface area contributed by atoms with Crippen LogP contribution in [0.25, 0.3) is 5.69 Å². The van der Waals surface area contributed by atoms with Crippen molar-refractivity contribution in [3.05, 3.63) is 76.9 Å². The van der Waals surface area contributed by atoms with Crippen LogP contribution >= 0.6 is 0 Å². The summed E-state index contributed by atoms with van der Waals surface area (Å²) in [7, 11) is -2.30. The summed E-state index contributed by atoms with van der Waals surface area (Å²) in [6, 6.07) is 12.5. The van der Waals surface area contributed by atoms with E-state index < -0.39 is 10.0 Å². The van der Waals surface area contributed by atoms with E-state index in [2.05, 4.69) is 10.0 Å². The number of halogens is 1. The van der Waals surface area contributed by atoms with Crippen LogP contribution in [-0.2, 0) is 10.0 Å². The van der Waals surface area contributed by atoms with E-state index in [9.17, 15) is 17.6 Å². The minimum absolute atomic E-state index is 0.106. The summed E-state index contributed by atoms with van der Waals surface area (Å²) >= 11 is 0. The molecule has 1 aromatic heterocycles. The Morgan fingerprint density at radius 2 is 1.66 bits per heavy atom. The summed E-state index contributed by atoms with van der Waals surface area (Å²) < 4.78 is 41.7. The molecule has 0 saturated heterocycles. The molecular formula is C21H22FN3O3S. The van der Waals surface area contributed by atoms with Gasteiger partial charge in [-0.1, -0.05) is 6.07 Å². The Kier molecular flexibility index (Phi) is 5.59. The van der Waals surface area contributed by atoms with Gasteiger partial charge in [0, 0.05) is 22.8 Å². The lowest BCUT2D eigenvalue weighted by Crippen LogP contribution is -2.20. The zero-order valence-electron chi connectivity index (χ0n) is 16.6. The first-order valence-corrected chi connectivity index (χ1v) is 10.4. The molecule has 0 radical (unpaired) electrons. The number of benzene rings is 2. The fourth-order valence-corrected chi connectivity index (χ4v) is 4.25. The number of carbonyl (C=O) groups is 1. The number of amides is 1. The van der Waals surface area contributed by atoms with Gasteiger partial charge in [0.05, 0.1) is 10.5 Å². The molecule has 8 heteroatoms. The van der Waals surface area contributed by atoms with Gasteiger partial charge in [-0.3, -0.25) is 4.79 Å². The maximum Gasteiger partial charge on any atom is 0.257 e. The largest absolute Gasteiger partial charge is 0.322 e. The summed E-state index contributed by atoms with van der Waals surface area (Å²) in [5.74, 6) is -0.691. The molecule has 6 nitrogen and oxygen atoms in total. The highest BCUT2D eigenvalue weighted by Gasteiger charge is 2.19. The Morgan fingerprint density at radius 3 is 2.28 bits per heavy atom. The van der Waals surface area contributed by atoms with Crippen molar-refractivity contribution in [2.45, 2.75) is 25.7 Å². The van der Waals surface area contributed by atoms with E-state index in [1.807, 2.05) is 11.5 Å². The second kappa shape index (κ2) is 7.81. The fraction of sp³-hybridized carbons (Fsp3) is 0.190. The van der Waals surface area contributed by atoms with Crippen molar-refractivity contribution in [2.75, 3.05) is 12.4 Å². The van der Waals surface area contributed by atoms with Crippen molar-refractivity contribution in [1.82, 2.24) is 9.29 Å². The Balaban J connectivity index is 1.94. The maximum atomic E-state index is 13.2. The smallest absolute Gasteiger partial charge is 0.257 e. The molecule has 3 aromatic rings. The van der Waals surface area contributed by atoms with Crippen molar-refractivity contribution in [2.24, 2.45) is 0 Å². The first-order chi connectivity index (χ1) is 13.6. The first kappa shape index (κ1) is 20.8. The molecule has 0 atom stereocenters. The summed E-state index contributed by atoms with van der Waals surface area (Å²) in [5.41, 5.74) is 3.67. The number of rotatable bonds is 5. The normalized spacial score (nSPS) is 11.5. The van der Waals surface area contributed by atoms with Crippen LogP contribution in [0.3, 0.4) is 0 Å². The topological polar surface area (TPSA) is 80.2 Å². The third-order valence-corrected chi connectivity index (χ3v) is 6.32. The average molecular weight is 415 g/mol. The zero-order valence-corrected chi connectivity index (χ0v) is 17.4. The molecule has 0 spiro atoms. The van der Waals surface area contributed by atoms with Gasteiger partial charge < -0.3 is 9.88 Å². The summed E-state index contributed by atoms with van der Waals surface area (Å²) in [4.78, 5) is 13.0. The molecule has 0 bridgehead atoms. The van der Waals surface area contributed by atoms with E-state index in [1.165, 1.54) is 25.2 Å². The van der Waals surface area contributed by atoms with E-state index in [1.54, 1.807) is 44.2 Å². The lowest BCUT2D eigenvalue weighted by atomic mass is 10.2. The molecule has 0 unspecified atom stereocenters. The van der Waals surface area contributed by atoms with Gasteiger partial charge in [-0.2, -0.15) is 0 Å². The van der Waals surface area contributed by atoms with Crippen molar-refractivity contribution in [3.8, 4) is 5.69 Å². The number of aromatic nitrogens is 1. The van der Waals surface area contributed by atoms with Crippen LogP contribution < -0.4 is 10.0 Å². The molecule has 0 saturated carbocycles. The summed E-state index contributed by atoms with van der Waals surface area (Å²) in [6.07, 6.45) is 0. The highest BCUT2D eigenvalue weighted by atomic mass is 32.2. The van der Waals surface area contributed by atoms with Gasteiger partial charge in [0.1, 0.15) is 5.82 Å². The molecule has 0 aliphatic rings. The standard InChI is InChI=1S/C21H22FN3O3S/c1-13-5-8-17(12-20(13)29(27,28)23-4)24-21(26)19-11-14(2)25(15(19)3)18-9-6-16(22)7-10-18/h5-12,23H,1-4H3,(H,24,26). The predicted molar refractivity (Wildman–Crippen MR) is 111 cm³/mol. The van der Waals surface area contributed by atoms with Crippen molar-refractivity contribution < 1.29 is 17.6 Å². The molecule has 0 fully saturated rings. The zero-order chi connectivity index (χ0) is 21.3. The minimum Gasteiger partial charge on any atom is -0.322 e.